The first kappa shape index (κ1) is 6.25. The van der Waals surface area contributed by atoms with E-state index >= 15 is 0 Å². The minimum atomic E-state index is 0.954. The lowest BCUT2D eigenvalue weighted by molar-refractivity contribution is 0.743. The molecule has 0 amide bonds. The van der Waals surface area contributed by atoms with E-state index in [4.69, 9.17) is 0 Å². The molecule has 0 spiro atoms. The van der Waals surface area contributed by atoms with Crippen LogP contribution in [-0.2, 0) is 6.42 Å². The van der Waals surface area contributed by atoms with Crippen molar-refractivity contribution in [2.45, 2.75) is 6.42 Å². The van der Waals surface area contributed by atoms with Gasteiger partial charge in [-0.1, -0.05) is 0 Å². The molecule has 0 atom stereocenters. The van der Waals surface area contributed by atoms with Gasteiger partial charge in [-0.05, 0) is 0 Å². The highest BCUT2D eigenvalue weighted by atomic mass is 15.0. The second-order valence-electron chi connectivity index (χ2n) is 2.91. The number of hydrogen-bond donors (Lipinski definition) is 3. The summed E-state index contributed by atoms with van der Waals surface area (Å²) in [5.74, 6) is 0. The van der Waals surface area contributed by atoms with Crippen LogP contribution >= 0.6 is 0 Å². The molecule has 3 N–H and O–H groups in total. The molecule has 0 fully saturated rings. The zero-order valence-electron chi connectivity index (χ0n) is 6.44. The molecule has 1 aliphatic heterocycles. The van der Waals surface area contributed by atoms with Crippen molar-refractivity contribution in [2.24, 2.45) is 0 Å². The summed E-state index contributed by atoms with van der Waals surface area (Å²) in [4.78, 5) is 10.5. The Morgan fingerprint density at radius 3 is 3.50 bits per heavy atom. The number of hydrogen-bond acceptors (Lipinski definition) is 2. The molecule has 2 aromatic heterocycles. The maximum absolute atomic E-state index is 4.20. The topological polar surface area (TPSA) is 56.5 Å². The van der Waals surface area contributed by atoms with E-state index in [0.717, 1.165) is 29.7 Å². The van der Waals surface area contributed by atoms with E-state index in [1.54, 1.807) is 6.33 Å². The van der Waals surface area contributed by atoms with Crippen LogP contribution in [0.3, 0.4) is 0 Å². The molecule has 0 saturated carbocycles. The highest BCUT2D eigenvalue weighted by molar-refractivity contribution is 5.79. The lowest BCUT2D eigenvalue weighted by Gasteiger charge is -2.10. The van der Waals surface area contributed by atoms with Gasteiger partial charge in [-0.3, -0.25) is 0 Å². The zero-order chi connectivity index (χ0) is 7.97. The van der Waals surface area contributed by atoms with Crippen LogP contribution in [0.25, 0.3) is 11.2 Å². The van der Waals surface area contributed by atoms with Crippen molar-refractivity contribution >= 4 is 11.2 Å². The van der Waals surface area contributed by atoms with Gasteiger partial charge in [-0.25, -0.2) is 4.98 Å². The Labute approximate surface area is 69.4 Å². The van der Waals surface area contributed by atoms with E-state index in [9.17, 15) is 0 Å². The number of rotatable bonds is 0. The fourth-order valence-corrected chi connectivity index (χ4v) is 1.60. The predicted molar refractivity (Wildman–Crippen MR) is 44.5 cm³/mol. The number of imidazole rings is 1. The van der Waals surface area contributed by atoms with Crippen molar-refractivity contribution in [3.63, 3.8) is 0 Å². The van der Waals surface area contributed by atoms with Gasteiger partial charge in [-0.2, -0.15) is 0 Å². The lowest BCUT2D eigenvalue weighted by Crippen LogP contribution is -2.21. The van der Waals surface area contributed by atoms with Crippen LogP contribution in [0.2, 0.25) is 0 Å². The second-order valence-corrected chi connectivity index (χ2v) is 2.91. The van der Waals surface area contributed by atoms with E-state index in [2.05, 4.69) is 26.8 Å². The molecule has 2 aromatic rings. The van der Waals surface area contributed by atoms with Gasteiger partial charge in [0, 0.05) is 24.2 Å². The van der Waals surface area contributed by atoms with Gasteiger partial charge in [0.25, 0.3) is 0 Å². The molecule has 60 valence electrons. The normalized spacial score (nSPS) is 16.7. The van der Waals surface area contributed by atoms with Gasteiger partial charge in [0.2, 0.25) is 0 Å². The minimum absolute atomic E-state index is 0.954. The highest BCUT2D eigenvalue weighted by Gasteiger charge is 2.16. The molecule has 4 heteroatoms. The Balaban J connectivity index is 2.34. The summed E-state index contributed by atoms with van der Waals surface area (Å²) in [5, 5.41) is 3.09. The third-order valence-corrected chi connectivity index (χ3v) is 2.17. The van der Waals surface area contributed by atoms with Crippen molar-refractivity contribution in [3.8, 4) is 0 Å². The quantitative estimate of drug-likeness (QED) is 0.523. The summed E-state index contributed by atoms with van der Waals surface area (Å²) in [6, 6.07) is 0. The third kappa shape index (κ3) is 0.674. The van der Waals surface area contributed by atoms with Crippen molar-refractivity contribution in [1.29, 1.82) is 0 Å². The van der Waals surface area contributed by atoms with Crippen molar-refractivity contribution in [2.75, 3.05) is 6.54 Å². The maximum Gasteiger partial charge on any atom is 0.135 e. The van der Waals surface area contributed by atoms with E-state index in [1.165, 1.54) is 5.69 Å². The molecule has 3 heterocycles. The summed E-state index contributed by atoms with van der Waals surface area (Å²) < 4.78 is 0. The van der Waals surface area contributed by atoms with E-state index in [-0.39, 0.29) is 0 Å². The first-order valence-electron chi connectivity index (χ1n) is 3.98. The third-order valence-electron chi connectivity index (χ3n) is 2.17. The first-order chi connectivity index (χ1) is 5.95. The van der Waals surface area contributed by atoms with Gasteiger partial charge < -0.3 is 15.3 Å². The zero-order valence-corrected chi connectivity index (χ0v) is 6.44. The lowest BCUT2D eigenvalue weighted by atomic mass is 10.1. The standard InChI is InChI=1S/C8H8N4/c1-2-9-3-5-6(1)12-8-7(5)10-4-11-8/h4,9,12H,1-2H2,(H,10,11). The van der Waals surface area contributed by atoms with E-state index < -0.39 is 0 Å². The Bertz CT molecular complexity index is 412. The SMILES string of the molecule is [C]1NCCc2[nH]c3[nH]cnc3c21. The van der Waals surface area contributed by atoms with Crippen molar-refractivity contribution in [1.82, 2.24) is 20.3 Å². The maximum atomic E-state index is 4.20. The monoisotopic (exact) mass is 160 g/mol. The largest absolute Gasteiger partial charge is 0.343 e. The Morgan fingerprint density at radius 2 is 2.50 bits per heavy atom. The van der Waals surface area contributed by atoms with Crippen LogP contribution in [0.4, 0.5) is 0 Å². The van der Waals surface area contributed by atoms with Crippen LogP contribution in [-0.4, -0.2) is 21.5 Å². The molecule has 0 bridgehead atoms. The summed E-state index contributed by atoms with van der Waals surface area (Å²) in [7, 11) is 0. The van der Waals surface area contributed by atoms with E-state index in [0.29, 0.717) is 0 Å². The average molecular weight is 160 g/mol. The van der Waals surface area contributed by atoms with Gasteiger partial charge in [0.15, 0.2) is 0 Å². The molecule has 0 saturated heterocycles. The molecule has 12 heavy (non-hydrogen) atoms. The van der Waals surface area contributed by atoms with Gasteiger partial charge >= 0.3 is 0 Å². The van der Waals surface area contributed by atoms with Gasteiger partial charge in [-0.15, -0.1) is 0 Å². The molecule has 3 rings (SSSR count). The number of H-pyrrole nitrogens is 2. The number of aromatic amines is 2. The molecule has 0 unspecified atom stereocenters. The molecule has 0 aromatic carbocycles. The van der Waals surface area contributed by atoms with Crippen LogP contribution in [0.5, 0.6) is 0 Å². The number of nitrogens with zero attached hydrogens (tertiary/aromatic N) is 1. The number of aromatic nitrogens is 3. The fraction of sp³-hybridized carbons (Fsp3) is 0.250. The molecular formula is C8H8N4. The Morgan fingerprint density at radius 1 is 1.50 bits per heavy atom. The number of nitrogens with one attached hydrogen (secondary N) is 3. The van der Waals surface area contributed by atoms with E-state index in [1.807, 2.05) is 0 Å². The molecular weight excluding hydrogens is 152 g/mol. The Kier molecular flexibility index (Phi) is 1.10. The smallest absolute Gasteiger partial charge is 0.135 e. The summed E-state index contributed by atoms with van der Waals surface area (Å²) in [6.45, 7) is 4.06. The summed E-state index contributed by atoms with van der Waals surface area (Å²) >= 11 is 0. The average Bonchev–Trinajstić information content (AvgIpc) is 2.62. The van der Waals surface area contributed by atoms with Crippen LogP contribution in [0.1, 0.15) is 11.3 Å². The van der Waals surface area contributed by atoms with Crippen LogP contribution < -0.4 is 5.32 Å². The van der Waals surface area contributed by atoms with Gasteiger partial charge in [0.05, 0.1) is 12.9 Å². The molecule has 1 aliphatic rings. The molecule has 2 radical (unpaired) electrons. The summed E-state index contributed by atoms with van der Waals surface area (Å²) in [6.07, 6.45) is 2.71. The number of fused-ring (bicyclic) bond motifs is 3. The summed E-state index contributed by atoms with van der Waals surface area (Å²) in [5.41, 5.74) is 4.29. The van der Waals surface area contributed by atoms with Crippen LogP contribution in [0.15, 0.2) is 6.33 Å². The van der Waals surface area contributed by atoms with Crippen molar-refractivity contribution < 1.29 is 0 Å². The molecule has 4 nitrogen and oxygen atoms in total. The second kappa shape index (κ2) is 2.10. The van der Waals surface area contributed by atoms with Crippen LogP contribution in [0, 0.1) is 6.54 Å². The van der Waals surface area contributed by atoms with Gasteiger partial charge in [0.1, 0.15) is 11.2 Å². The minimum Gasteiger partial charge on any atom is -0.343 e. The molecule has 0 aliphatic carbocycles. The highest BCUT2D eigenvalue weighted by Crippen LogP contribution is 2.22. The fourth-order valence-electron chi connectivity index (χ4n) is 1.60. The predicted octanol–water partition coefficient (Wildman–Crippen LogP) is 0.424. The Hall–Kier alpha value is -1.29. The first-order valence-corrected chi connectivity index (χ1v) is 3.98. The van der Waals surface area contributed by atoms with Crippen molar-refractivity contribution in [3.05, 3.63) is 24.1 Å².